The number of allylic oxidation sites excluding steroid dienone is 1. The van der Waals surface area contributed by atoms with Gasteiger partial charge in [-0.1, -0.05) is 13.8 Å². The Morgan fingerprint density at radius 1 is 1.62 bits per heavy atom. The van der Waals surface area contributed by atoms with E-state index in [2.05, 4.69) is 19.2 Å². The fourth-order valence-electron chi connectivity index (χ4n) is 1.39. The minimum absolute atomic E-state index is 0.0472. The van der Waals surface area contributed by atoms with Crippen molar-refractivity contribution in [1.29, 1.82) is 0 Å². The summed E-state index contributed by atoms with van der Waals surface area (Å²) < 4.78 is 5.37. The first kappa shape index (κ1) is 10.1. The van der Waals surface area contributed by atoms with Crippen LogP contribution in [-0.4, -0.2) is 19.1 Å². The molecular formula is C10H17NO2. The van der Waals surface area contributed by atoms with Crippen molar-refractivity contribution < 1.29 is 9.53 Å². The van der Waals surface area contributed by atoms with Crippen molar-refractivity contribution in [1.82, 2.24) is 5.32 Å². The summed E-state index contributed by atoms with van der Waals surface area (Å²) in [6, 6.07) is 0. The van der Waals surface area contributed by atoms with Crippen LogP contribution in [-0.2, 0) is 9.53 Å². The molecule has 1 amide bonds. The molecule has 0 aromatic heterocycles. The second kappa shape index (κ2) is 3.81. The highest BCUT2D eigenvalue weighted by molar-refractivity contribution is 5.88. The summed E-state index contributed by atoms with van der Waals surface area (Å²) in [4.78, 5) is 11.2. The van der Waals surface area contributed by atoms with Crippen molar-refractivity contribution in [3.05, 3.63) is 11.8 Å². The summed E-state index contributed by atoms with van der Waals surface area (Å²) in [6.07, 6.45) is 2.37. The maximum atomic E-state index is 11.2. The van der Waals surface area contributed by atoms with E-state index in [0.717, 1.165) is 12.2 Å². The lowest BCUT2D eigenvalue weighted by atomic mass is 9.89. The quantitative estimate of drug-likeness (QED) is 0.703. The lowest BCUT2D eigenvalue weighted by molar-refractivity contribution is -0.116. The Morgan fingerprint density at radius 3 is 2.92 bits per heavy atom. The molecule has 0 aromatic rings. The number of ether oxygens (including phenoxy) is 1. The van der Waals surface area contributed by atoms with Crippen LogP contribution in [0.4, 0.5) is 0 Å². The van der Waals surface area contributed by atoms with Gasteiger partial charge in [0.15, 0.2) is 0 Å². The van der Waals surface area contributed by atoms with Crippen LogP contribution in [0.25, 0.3) is 0 Å². The number of carbonyl (C=O) groups is 1. The molecule has 74 valence electrons. The monoisotopic (exact) mass is 183 g/mol. The molecule has 1 N–H and O–H groups in total. The highest BCUT2D eigenvalue weighted by Crippen LogP contribution is 2.26. The first-order valence-electron chi connectivity index (χ1n) is 4.65. The molecule has 1 aliphatic heterocycles. The molecule has 13 heavy (non-hydrogen) atoms. The molecule has 0 radical (unpaired) electrons. The summed E-state index contributed by atoms with van der Waals surface area (Å²) >= 11 is 0. The lowest BCUT2D eigenvalue weighted by Crippen LogP contribution is -2.30. The number of hydrogen-bond acceptors (Lipinski definition) is 2. The zero-order valence-corrected chi connectivity index (χ0v) is 8.52. The van der Waals surface area contributed by atoms with Crippen LogP contribution in [0.1, 0.15) is 27.2 Å². The predicted molar refractivity (Wildman–Crippen MR) is 51.1 cm³/mol. The Morgan fingerprint density at radius 2 is 2.31 bits per heavy atom. The molecule has 0 aliphatic carbocycles. The molecule has 1 heterocycles. The van der Waals surface area contributed by atoms with Gasteiger partial charge in [-0.05, 0) is 12.3 Å². The Labute approximate surface area is 79.2 Å². The van der Waals surface area contributed by atoms with Crippen molar-refractivity contribution in [2.75, 3.05) is 13.2 Å². The molecule has 1 aliphatic rings. The van der Waals surface area contributed by atoms with Gasteiger partial charge >= 0.3 is 0 Å². The summed E-state index contributed by atoms with van der Waals surface area (Å²) in [7, 11) is 0. The molecule has 0 saturated carbocycles. The molecule has 3 heteroatoms. The van der Waals surface area contributed by atoms with Gasteiger partial charge in [0, 0.05) is 19.0 Å². The highest BCUT2D eigenvalue weighted by Gasteiger charge is 2.24. The number of rotatable bonds is 2. The van der Waals surface area contributed by atoms with Gasteiger partial charge < -0.3 is 10.1 Å². The van der Waals surface area contributed by atoms with E-state index in [0.29, 0.717) is 13.2 Å². The van der Waals surface area contributed by atoms with Crippen LogP contribution in [0.5, 0.6) is 0 Å². The second-order valence-electron chi connectivity index (χ2n) is 4.10. The van der Waals surface area contributed by atoms with Crippen molar-refractivity contribution in [2.24, 2.45) is 5.41 Å². The first-order chi connectivity index (χ1) is 6.03. The maximum absolute atomic E-state index is 11.2. The van der Waals surface area contributed by atoms with E-state index in [1.165, 1.54) is 0 Å². The van der Waals surface area contributed by atoms with Gasteiger partial charge in [0.2, 0.25) is 5.91 Å². The topological polar surface area (TPSA) is 38.3 Å². The molecule has 0 fully saturated rings. The van der Waals surface area contributed by atoms with E-state index in [1.54, 1.807) is 6.08 Å². The zero-order valence-electron chi connectivity index (χ0n) is 8.52. The van der Waals surface area contributed by atoms with Crippen molar-refractivity contribution >= 4 is 5.91 Å². The van der Waals surface area contributed by atoms with Crippen LogP contribution in [0, 0.1) is 5.41 Å². The van der Waals surface area contributed by atoms with Crippen molar-refractivity contribution in [2.45, 2.75) is 27.2 Å². The smallest absolute Gasteiger partial charge is 0.247 e. The van der Waals surface area contributed by atoms with E-state index in [1.807, 2.05) is 6.92 Å². The maximum Gasteiger partial charge on any atom is 0.247 e. The third kappa shape index (κ3) is 3.09. The summed E-state index contributed by atoms with van der Waals surface area (Å²) in [5.41, 5.74) is 0.0904. The van der Waals surface area contributed by atoms with E-state index < -0.39 is 0 Å². The minimum atomic E-state index is -0.0472. The number of amides is 1. The summed E-state index contributed by atoms with van der Waals surface area (Å²) in [5, 5.41) is 2.83. The lowest BCUT2D eigenvalue weighted by Gasteiger charge is -2.23. The third-order valence-electron chi connectivity index (χ3n) is 2.02. The Balaban J connectivity index is 2.72. The molecule has 1 rings (SSSR count). The number of nitrogens with one attached hydrogen (secondary N) is 1. The number of hydrogen-bond donors (Lipinski definition) is 1. The molecule has 0 bridgehead atoms. The standard InChI is InChI=1S/C10H17NO2/c1-4-13-8-5-9(12)11-7-10(2,3)6-8/h5H,4,6-7H2,1-3H3,(H,11,12). The molecular weight excluding hydrogens is 166 g/mol. The van der Waals surface area contributed by atoms with E-state index in [-0.39, 0.29) is 11.3 Å². The van der Waals surface area contributed by atoms with E-state index in [9.17, 15) is 4.79 Å². The zero-order chi connectivity index (χ0) is 9.90. The second-order valence-corrected chi connectivity index (χ2v) is 4.10. The summed E-state index contributed by atoms with van der Waals surface area (Å²) in [5.74, 6) is 0.747. The minimum Gasteiger partial charge on any atom is -0.498 e. The normalized spacial score (nSPS) is 21.5. The van der Waals surface area contributed by atoms with Crippen LogP contribution < -0.4 is 5.32 Å². The van der Waals surface area contributed by atoms with E-state index in [4.69, 9.17) is 4.74 Å². The van der Waals surface area contributed by atoms with Crippen LogP contribution in [0.2, 0.25) is 0 Å². The molecule has 0 aromatic carbocycles. The molecule has 0 unspecified atom stereocenters. The molecule has 0 spiro atoms. The van der Waals surface area contributed by atoms with Gasteiger partial charge in [-0.2, -0.15) is 0 Å². The Bertz CT molecular complexity index is 231. The van der Waals surface area contributed by atoms with Gasteiger partial charge in [0.25, 0.3) is 0 Å². The molecule has 3 nitrogen and oxygen atoms in total. The van der Waals surface area contributed by atoms with Crippen molar-refractivity contribution in [3.63, 3.8) is 0 Å². The van der Waals surface area contributed by atoms with Gasteiger partial charge in [0.05, 0.1) is 6.61 Å². The van der Waals surface area contributed by atoms with Gasteiger partial charge in [-0.15, -0.1) is 0 Å². The molecule has 0 saturated heterocycles. The average Bonchev–Trinajstić information content (AvgIpc) is 2.11. The van der Waals surface area contributed by atoms with Crippen LogP contribution in [0.3, 0.4) is 0 Å². The van der Waals surface area contributed by atoms with Gasteiger partial charge in [0.1, 0.15) is 5.76 Å². The van der Waals surface area contributed by atoms with Gasteiger partial charge in [-0.3, -0.25) is 4.79 Å². The van der Waals surface area contributed by atoms with Crippen molar-refractivity contribution in [3.8, 4) is 0 Å². The third-order valence-corrected chi connectivity index (χ3v) is 2.02. The van der Waals surface area contributed by atoms with Crippen LogP contribution >= 0.6 is 0 Å². The van der Waals surface area contributed by atoms with Gasteiger partial charge in [-0.25, -0.2) is 0 Å². The first-order valence-corrected chi connectivity index (χ1v) is 4.65. The largest absolute Gasteiger partial charge is 0.498 e. The van der Waals surface area contributed by atoms with Crippen LogP contribution in [0.15, 0.2) is 11.8 Å². The molecule has 0 atom stereocenters. The SMILES string of the molecule is CCOC1=CC(=O)NCC(C)(C)C1. The average molecular weight is 183 g/mol. The predicted octanol–water partition coefficient (Wildman–Crippen LogP) is 1.45. The van der Waals surface area contributed by atoms with E-state index >= 15 is 0 Å². The Hall–Kier alpha value is -0.990. The fraction of sp³-hybridized carbons (Fsp3) is 0.700. The fourth-order valence-corrected chi connectivity index (χ4v) is 1.39. The summed E-state index contributed by atoms with van der Waals surface area (Å²) in [6.45, 7) is 7.49. The Kier molecular flexibility index (Phi) is 2.96. The highest BCUT2D eigenvalue weighted by atomic mass is 16.5. The number of carbonyl (C=O) groups excluding carboxylic acids is 1.